The number of hydrogen-bond donors (Lipinski definition) is 1. The summed E-state index contributed by atoms with van der Waals surface area (Å²) in [6, 6.07) is 13.5. The van der Waals surface area contributed by atoms with Crippen LogP contribution in [0.2, 0.25) is 0 Å². The Labute approximate surface area is 147 Å². The van der Waals surface area contributed by atoms with E-state index in [-0.39, 0.29) is 11.1 Å². The molecule has 0 bridgehead atoms. The maximum absolute atomic E-state index is 12.7. The van der Waals surface area contributed by atoms with Crippen LogP contribution >= 0.6 is 0 Å². The van der Waals surface area contributed by atoms with Gasteiger partial charge in [-0.2, -0.15) is 0 Å². The lowest BCUT2D eigenvalue weighted by Crippen LogP contribution is -2.67. The molecular weight excluding hydrogens is 344 g/mol. The predicted molar refractivity (Wildman–Crippen MR) is 81.4 cm³/mol. The molecule has 0 heterocycles. The predicted octanol–water partition coefficient (Wildman–Crippen LogP) is -1.67. The topological polar surface area (TPSA) is 144 Å². The summed E-state index contributed by atoms with van der Waals surface area (Å²) in [4.78, 5) is 47.7. The number of aliphatic hydroxyl groups is 1. The summed E-state index contributed by atoms with van der Waals surface area (Å²) < 4.78 is 4.70. The summed E-state index contributed by atoms with van der Waals surface area (Å²) in [6.07, 6.45) is -2.99. The average molecular weight is 356 g/mol. The Bertz CT molecular complexity index is 831. The van der Waals surface area contributed by atoms with Crippen LogP contribution < -0.4 is 10.2 Å². The fourth-order valence-corrected chi connectivity index (χ4v) is 2.22. The van der Waals surface area contributed by atoms with Gasteiger partial charge in [-0.3, -0.25) is 4.79 Å². The second-order valence-corrected chi connectivity index (χ2v) is 5.20. The number of ketones is 1. The van der Waals surface area contributed by atoms with Gasteiger partial charge in [0.05, 0.1) is 17.5 Å². The molecule has 0 aliphatic carbocycles. The van der Waals surface area contributed by atoms with Gasteiger partial charge in [0.15, 0.2) is 0 Å². The summed E-state index contributed by atoms with van der Waals surface area (Å²) in [6.45, 7) is 0. The number of carboxylic acids is 2. The third-order valence-electron chi connectivity index (χ3n) is 3.55. The molecule has 8 heteroatoms. The number of rotatable bonds is 7. The minimum atomic E-state index is -3.52. The molecule has 0 saturated heterocycles. The third kappa shape index (κ3) is 3.45. The molecule has 8 nitrogen and oxygen atoms in total. The first-order valence-electron chi connectivity index (χ1n) is 7.29. The van der Waals surface area contributed by atoms with E-state index in [1.165, 1.54) is 54.6 Å². The van der Waals surface area contributed by atoms with Crippen molar-refractivity contribution in [2.45, 2.75) is 11.7 Å². The van der Waals surface area contributed by atoms with Crippen LogP contribution in [0.1, 0.15) is 20.7 Å². The minimum Gasteiger partial charge on any atom is -0.547 e. The zero-order valence-corrected chi connectivity index (χ0v) is 13.2. The zero-order chi connectivity index (χ0) is 19.3. The van der Waals surface area contributed by atoms with E-state index in [2.05, 4.69) is 0 Å². The van der Waals surface area contributed by atoms with Gasteiger partial charge < -0.3 is 29.6 Å². The number of carboxylic acid groups (broad SMARTS) is 2. The highest BCUT2D eigenvalue weighted by molar-refractivity contribution is 6.18. The SMILES string of the molecule is O=C(O[C@@](C(=O)[O-])(C(=O)c1ccccc1)[C@H](O)C(=O)[O-])c1ccccc1. The third-order valence-corrected chi connectivity index (χ3v) is 3.55. The first-order valence-corrected chi connectivity index (χ1v) is 7.29. The van der Waals surface area contributed by atoms with Crippen molar-refractivity contribution in [1.82, 2.24) is 0 Å². The van der Waals surface area contributed by atoms with Crippen LogP contribution in [-0.4, -0.2) is 40.5 Å². The number of esters is 1. The van der Waals surface area contributed by atoms with Crippen LogP contribution in [0.3, 0.4) is 0 Å². The molecule has 0 aliphatic rings. The van der Waals surface area contributed by atoms with E-state index in [1.54, 1.807) is 6.07 Å². The highest BCUT2D eigenvalue weighted by Crippen LogP contribution is 2.24. The van der Waals surface area contributed by atoms with Crippen molar-refractivity contribution in [2.75, 3.05) is 0 Å². The normalized spacial score (nSPS) is 13.9. The Hall–Kier alpha value is -3.52. The lowest BCUT2D eigenvalue weighted by Gasteiger charge is -2.37. The van der Waals surface area contributed by atoms with E-state index in [1.807, 2.05) is 0 Å². The molecule has 0 unspecified atom stereocenters. The Kier molecular flexibility index (Phi) is 5.48. The Morgan fingerprint density at radius 1 is 0.846 bits per heavy atom. The Morgan fingerprint density at radius 3 is 1.73 bits per heavy atom. The first kappa shape index (κ1) is 18.8. The van der Waals surface area contributed by atoms with Gasteiger partial charge in [-0.15, -0.1) is 0 Å². The molecule has 26 heavy (non-hydrogen) atoms. The maximum atomic E-state index is 12.7. The number of carbonyl (C=O) groups excluding carboxylic acids is 4. The van der Waals surface area contributed by atoms with Crippen LogP contribution in [-0.2, 0) is 14.3 Å². The van der Waals surface area contributed by atoms with Gasteiger partial charge in [0.2, 0.25) is 11.4 Å². The lowest BCUT2D eigenvalue weighted by atomic mass is 9.87. The minimum absolute atomic E-state index is 0.162. The number of carbonyl (C=O) groups is 4. The smallest absolute Gasteiger partial charge is 0.339 e. The van der Waals surface area contributed by atoms with Crippen LogP contribution in [0.5, 0.6) is 0 Å². The Balaban J connectivity index is 2.57. The molecule has 1 N–H and O–H groups in total. The van der Waals surface area contributed by atoms with Crippen LogP contribution in [0.25, 0.3) is 0 Å². The number of benzene rings is 2. The summed E-state index contributed by atoms with van der Waals surface area (Å²) in [5.74, 6) is -7.52. The van der Waals surface area contributed by atoms with E-state index in [0.29, 0.717) is 0 Å². The van der Waals surface area contributed by atoms with E-state index in [0.717, 1.165) is 0 Å². The van der Waals surface area contributed by atoms with Crippen molar-refractivity contribution >= 4 is 23.7 Å². The summed E-state index contributed by atoms with van der Waals surface area (Å²) in [5.41, 5.74) is -3.99. The quantitative estimate of drug-likeness (QED) is 0.352. The number of Topliss-reactive ketones (excluding diaryl/α,β-unsaturated/α-hetero) is 1. The van der Waals surface area contributed by atoms with E-state index >= 15 is 0 Å². The molecule has 0 spiro atoms. The zero-order valence-electron chi connectivity index (χ0n) is 13.2. The van der Waals surface area contributed by atoms with Crippen molar-refractivity contribution in [1.29, 1.82) is 0 Å². The number of aliphatic hydroxyl groups excluding tert-OH is 1. The maximum Gasteiger partial charge on any atom is 0.339 e. The fraction of sp³-hybridized carbons (Fsp3) is 0.111. The number of ether oxygens (including phenoxy) is 1. The summed E-state index contributed by atoms with van der Waals surface area (Å²) in [5, 5.41) is 32.7. The van der Waals surface area contributed by atoms with Crippen molar-refractivity contribution in [3.63, 3.8) is 0 Å². The fourth-order valence-electron chi connectivity index (χ4n) is 2.22. The van der Waals surface area contributed by atoms with Gasteiger partial charge in [-0.25, -0.2) is 4.79 Å². The molecule has 2 atom stereocenters. The van der Waals surface area contributed by atoms with Crippen molar-refractivity contribution in [3.05, 3.63) is 71.8 Å². The van der Waals surface area contributed by atoms with E-state index < -0.39 is 35.4 Å². The highest BCUT2D eigenvalue weighted by Gasteiger charge is 2.52. The summed E-state index contributed by atoms with van der Waals surface area (Å²) in [7, 11) is 0. The second-order valence-electron chi connectivity index (χ2n) is 5.20. The van der Waals surface area contributed by atoms with Gasteiger partial charge >= 0.3 is 5.97 Å². The average Bonchev–Trinajstić information content (AvgIpc) is 2.65. The van der Waals surface area contributed by atoms with Crippen LogP contribution in [0.4, 0.5) is 0 Å². The van der Waals surface area contributed by atoms with Crippen LogP contribution in [0, 0.1) is 0 Å². The van der Waals surface area contributed by atoms with Gasteiger partial charge in [0.25, 0.3) is 0 Å². The standard InChI is InChI=1S/C18H14O8/c19-13(11-7-3-1-4-8-11)18(17(24)25,14(20)15(21)22)26-16(23)12-9-5-2-6-10-12/h1-10,14,20H,(H,21,22)(H,24,25)/p-2/t14-,18+/m1/s1. The first-order chi connectivity index (χ1) is 12.3. The van der Waals surface area contributed by atoms with Crippen molar-refractivity contribution in [3.8, 4) is 0 Å². The molecule has 0 radical (unpaired) electrons. The van der Waals surface area contributed by atoms with E-state index in [9.17, 15) is 34.5 Å². The molecule has 2 rings (SSSR count). The van der Waals surface area contributed by atoms with Gasteiger partial charge in [0, 0.05) is 5.56 Å². The van der Waals surface area contributed by atoms with E-state index in [4.69, 9.17) is 4.74 Å². The molecule has 2 aromatic carbocycles. The summed E-state index contributed by atoms with van der Waals surface area (Å²) >= 11 is 0. The Morgan fingerprint density at radius 2 is 1.31 bits per heavy atom. The molecule has 0 aliphatic heterocycles. The molecule has 0 aromatic heterocycles. The second kappa shape index (κ2) is 7.58. The van der Waals surface area contributed by atoms with Gasteiger partial charge in [-0.05, 0) is 12.1 Å². The van der Waals surface area contributed by atoms with Crippen molar-refractivity contribution in [2.24, 2.45) is 0 Å². The van der Waals surface area contributed by atoms with Crippen LogP contribution in [0.15, 0.2) is 60.7 Å². The van der Waals surface area contributed by atoms with Gasteiger partial charge in [0.1, 0.15) is 6.10 Å². The molecule has 0 saturated carbocycles. The molecule has 0 amide bonds. The number of hydrogen-bond acceptors (Lipinski definition) is 8. The number of aliphatic carboxylic acids is 2. The highest BCUT2D eigenvalue weighted by atomic mass is 16.6. The van der Waals surface area contributed by atoms with Crippen molar-refractivity contribution < 1.29 is 39.2 Å². The molecule has 2 aromatic rings. The molecule has 0 fully saturated rings. The van der Waals surface area contributed by atoms with Gasteiger partial charge in [-0.1, -0.05) is 48.5 Å². The monoisotopic (exact) mass is 356 g/mol. The largest absolute Gasteiger partial charge is 0.547 e. The molecular formula is C18H12O8-2. The lowest BCUT2D eigenvalue weighted by molar-refractivity contribution is -0.339. The molecule has 134 valence electrons.